The molecule has 0 unspecified atom stereocenters. The summed E-state index contributed by atoms with van der Waals surface area (Å²) in [6.07, 6.45) is -2.33. The first kappa shape index (κ1) is 19.9. The zero-order chi connectivity index (χ0) is 20.8. The van der Waals surface area contributed by atoms with E-state index in [2.05, 4.69) is 9.97 Å². The molecule has 0 aliphatic carbocycles. The van der Waals surface area contributed by atoms with Crippen molar-refractivity contribution in [3.05, 3.63) is 42.2 Å². The molecule has 1 aromatic carbocycles. The zero-order valence-corrected chi connectivity index (χ0v) is 16.3. The molecule has 2 fully saturated rings. The number of ether oxygens (including phenoxy) is 1. The molecule has 11 heteroatoms. The monoisotopic (exact) mass is 428 g/mol. The van der Waals surface area contributed by atoms with Crippen molar-refractivity contribution < 1.29 is 26.3 Å². The number of hydrogen-bond donors (Lipinski definition) is 0. The summed E-state index contributed by atoms with van der Waals surface area (Å²) in [7, 11) is -2.35. The molecule has 3 heterocycles. The minimum absolute atomic E-state index is 0.0950. The molecule has 2 saturated heterocycles. The van der Waals surface area contributed by atoms with Gasteiger partial charge in [0.15, 0.2) is 0 Å². The summed E-state index contributed by atoms with van der Waals surface area (Å²) in [4.78, 5) is 9.53. The number of para-hydroxylation sites is 1. The predicted molar refractivity (Wildman–Crippen MR) is 98.0 cm³/mol. The van der Waals surface area contributed by atoms with Crippen molar-refractivity contribution in [3.8, 4) is 5.75 Å². The van der Waals surface area contributed by atoms with Crippen LogP contribution in [0.3, 0.4) is 0 Å². The Morgan fingerprint density at radius 1 is 1.14 bits per heavy atom. The smallest absolute Gasteiger partial charge is 0.419 e. The van der Waals surface area contributed by atoms with Crippen LogP contribution in [0.15, 0.2) is 41.6 Å². The molecular formula is C18H19F3N4O3S. The van der Waals surface area contributed by atoms with E-state index >= 15 is 0 Å². The molecule has 4 rings (SSSR count). The van der Waals surface area contributed by atoms with Crippen molar-refractivity contribution in [2.75, 3.05) is 31.6 Å². The second-order valence-corrected chi connectivity index (χ2v) is 8.96. The lowest BCUT2D eigenvalue weighted by Gasteiger charge is -2.52. The molecule has 7 nitrogen and oxygen atoms in total. The average Bonchev–Trinajstić information content (AvgIpc) is 2.68. The lowest BCUT2D eigenvalue weighted by atomic mass is 9.83. The number of hydrogen-bond acceptors (Lipinski definition) is 6. The predicted octanol–water partition coefficient (Wildman–Crippen LogP) is 2.40. The molecule has 0 amide bonds. The lowest BCUT2D eigenvalue weighted by molar-refractivity contribution is -0.138. The zero-order valence-electron chi connectivity index (χ0n) is 15.5. The number of alkyl halides is 3. The van der Waals surface area contributed by atoms with Gasteiger partial charge in [0.1, 0.15) is 10.6 Å². The van der Waals surface area contributed by atoms with Crippen LogP contribution in [0.1, 0.15) is 12.0 Å². The van der Waals surface area contributed by atoms with Gasteiger partial charge >= 0.3 is 6.18 Å². The molecule has 29 heavy (non-hydrogen) atoms. The number of benzene rings is 1. The number of piperidine rings is 1. The highest BCUT2D eigenvalue weighted by Crippen LogP contribution is 2.38. The molecule has 156 valence electrons. The highest BCUT2D eigenvalue weighted by atomic mass is 32.2. The number of nitrogens with zero attached hydrogens (tertiary/aromatic N) is 4. The lowest BCUT2D eigenvalue weighted by Crippen LogP contribution is -2.65. The second-order valence-electron chi connectivity index (χ2n) is 7.05. The van der Waals surface area contributed by atoms with Crippen LogP contribution in [0.2, 0.25) is 0 Å². The Balaban J connectivity index is 1.54. The van der Waals surface area contributed by atoms with Crippen molar-refractivity contribution in [2.45, 2.75) is 23.5 Å². The Morgan fingerprint density at radius 3 is 2.48 bits per heavy atom. The first-order valence-electron chi connectivity index (χ1n) is 9.01. The van der Waals surface area contributed by atoms with E-state index in [0.29, 0.717) is 19.5 Å². The Labute approximate surface area is 166 Å². The fraction of sp³-hybridized carbons (Fsp3) is 0.444. The van der Waals surface area contributed by atoms with Gasteiger partial charge in [0.2, 0.25) is 16.0 Å². The Morgan fingerprint density at radius 2 is 1.83 bits per heavy atom. The van der Waals surface area contributed by atoms with Crippen LogP contribution in [-0.4, -0.2) is 55.5 Å². The average molecular weight is 428 g/mol. The summed E-state index contributed by atoms with van der Waals surface area (Å²) < 4.78 is 70.9. The van der Waals surface area contributed by atoms with Gasteiger partial charge in [0.25, 0.3) is 0 Å². The van der Waals surface area contributed by atoms with E-state index in [1.165, 1.54) is 17.5 Å². The van der Waals surface area contributed by atoms with E-state index in [9.17, 15) is 21.6 Å². The number of sulfonamides is 1. The third-order valence-corrected chi connectivity index (χ3v) is 7.33. The number of aromatic nitrogens is 2. The topological polar surface area (TPSA) is 75.6 Å². The number of rotatable bonds is 4. The molecule has 2 atom stereocenters. The molecular weight excluding hydrogens is 409 g/mol. The van der Waals surface area contributed by atoms with Gasteiger partial charge in [-0.25, -0.2) is 18.4 Å². The number of methoxy groups -OCH3 is 1. The summed E-state index contributed by atoms with van der Waals surface area (Å²) in [5, 5.41) is 0. The van der Waals surface area contributed by atoms with E-state index < -0.39 is 21.8 Å². The number of anilines is 1. The van der Waals surface area contributed by atoms with Crippen LogP contribution in [0.4, 0.5) is 19.1 Å². The first-order valence-corrected chi connectivity index (χ1v) is 10.4. The van der Waals surface area contributed by atoms with E-state index in [-0.39, 0.29) is 35.1 Å². The van der Waals surface area contributed by atoms with E-state index in [0.717, 1.165) is 12.4 Å². The van der Waals surface area contributed by atoms with Crippen molar-refractivity contribution in [1.29, 1.82) is 0 Å². The highest BCUT2D eigenvalue weighted by Gasteiger charge is 2.47. The highest BCUT2D eigenvalue weighted by molar-refractivity contribution is 7.89. The van der Waals surface area contributed by atoms with Crippen molar-refractivity contribution in [3.63, 3.8) is 0 Å². The largest absolute Gasteiger partial charge is 0.495 e. The van der Waals surface area contributed by atoms with E-state index in [1.54, 1.807) is 23.1 Å². The van der Waals surface area contributed by atoms with Crippen LogP contribution in [-0.2, 0) is 16.2 Å². The third-order valence-electron chi connectivity index (χ3n) is 5.43. The molecule has 0 saturated carbocycles. The van der Waals surface area contributed by atoms with Crippen molar-refractivity contribution in [1.82, 2.24) is 14.3 Å². The van der Waals surface area contributed by atoms with Crippen molar-refractivity contribution >= 4 is 16.0 Å². The molecule has 0 bridgehead atoms. The Kier molecular flexibility index (Phi) is 4.89. The quantitative estimate of drug-likeness (QED) is 0.745. The Bertz CT molecular complexity index is 998. The van der Waals surface area contributed by atoms with Gasteiger partial charge < -0.3 is 9.64 Å². The van der Waals surface area contributed by atoms with Crippen LogP contribution < -0.4 is 9.64 Å². The molecule has 2 aromatic rings. The third kappa shape index (κ3) is 3.52. The standard InChI is InChI=1S/C18H19F3N4O3S/c1-28-15-4-2-3-5-16(15)29(26,27)24-7-6-12-10-25(14(12)11-24)17-22-8-13(9-23-17)18(19,20)21/h2-5,8-9,12,14H,6-7,10-11H2,1H3/t12-,14-/m0/s1. The fourth-order valence-corrected chi connectivity index (χ4v) is 5.43. The van der Waals surface area contributed by atoms with Gasteiger partial charge in [-0.2, -0.15) is 17.5 Å². The summed E-state index contributed by atoms with van der Waals surface area (Å²) in [6, 6.07) is 6.24. The second kappa shape index (κ2) is 7.13. The first-order chi connectivity index (χ1) is 13.7. The van der Waals surface area contributed by atoms with Gasteiger partial charge in [-0.1, -0.05) is 12.1 Å². The minimum Gasteiger partial charge on any atom is -0.495 e. The van der Waals surface area contributed by atoms with E-state index in [4.69, 9.17) is 4.74 Å². The minimum atomic E-state index is -4.50. The van der Waals surface area contributed by atoms with Gasteiger partial charge in [-0.3, -0.25) is 0 Å². The van der Waals surface area contributed by atoms with Gasteiger partial charge in [0, 0.05) is 32.0 Å². The Hall–Kier alpha value is -2.40. The van der Waals surface area contributed by atoms with Crippen LogP contribution in [0.25, 0.3) is 0 Å². The van der Waals surface area contributed by atoms with Crippen molar-refractivity contribution in [2.24, 2.45) is 5.92 Å². The molecule has 0 spiro atoms. The molecule has 2 aliphatic rings. The van der Waals surface area contributed by atoms with Gasteiger partial charge in [-0.15, -0.1) is 0 Å². The van der Waals surface area contributed by atoms with Crippen LogP contribution in [0.5, 0.6) is 5.75 Å². The van der Waals surface area contributed by atoms with Crippen LogP contribution >= 0.6 is 0 Å². The molecule has 0 N–H and O–H groups in total. The number of fused-ring (bicyclic) bond motifs is 1. The summed E-state index contributed by atoms with van der Waals surface area (Å²) in [5.41, 5.74) is -0.914. The molecule has 2 aliphatic heterocycles. The summed E-state index contributed by atoms with van der Waals surface area (Å²) in [6.45, 7) is 1.19. The maximum absolute atomic E-state index is 13.1. The summed E-state index contributed by atoms with van der Waals surface area (Å²) in [5.74, 6) is 0.701. The summed E-state index contributed by atoms with van der Waals surface area (Å²) >= 11 is 0. The maximum atomic E-state index is 13.1. The van der Waals surface area contributed by atoms with Gasteiger partial charge in [-0.05, 0) is 24.5 Å². The fourth-order valence-electron chi connectivity index (χ4n) is 3.80. The normalized spacial score (nSPS) is 22.7. The van der Waals surface area contributed by atoms with Crippen LogP contribution in [0, 0.1) is 5.92 Å². The molecule has 1 aromatic heterocycles. The molecule has 0 radical (unpaired) electrons. The SMILES string of the molecule is COc1ccccc1S(=O)(=O)N1CC[C@H]2CN(c3ncc(C(F)(F)F)cn3)[C@H]2C1. The van der Waals surface area contributed by atoms with Gasteiger partial charge in [0.05, 0.1) is 18.7 Å². The van der Waals surface area contributed by atoms with E-state index in [1.807, 2.05) is 0 Å². The number of halogens is 3. The maximum Gasteiger partial charge on any atom is 0.419 e.